The van der Waals surface area contributed by atoms with Crippen molar-refractivity contribution in [2.24, 2.45) is 0 Å². The van der Waals surface area contributed by atoms with Crippen LogP contribution in [0.5, 0.6) is 0 Å². The fraction of sp³-hybridized carbons (Fsp3) is 0.227. The molecular formula is C22H22FN5O. The number of carbonyl (C=O) groups is 1. The highest BCUT2D eigenvalue weighted by Gasteiger charge is 2.14. The van der Waals surface area contributed by atoms with E-state index in [2.05, 4.69) is 32.4 Å². The van der Waals surface area contributed by atoms with Gasteiger partial charge in [0.2, 0.25) is 5.91 Å². The Balaban J connectivity index is 1.65. The molecule has 3 N–H and O–H groups in total. The van der Waals surface area contributed by atoms with Crippen LogP contribution in [-0.4, -0.2) is 26.1 Å². The Morgan fingerprint density at radius 2 is 2.03 bits per heavy atom. The first-order valence-electron chi connectivity index (χ1n) is 9.67. The smallest absolute Gasteiger partial charge is 0.220 e. The molecular weight excluding hydrogens is 369 g/mol. The molecule has 148 valence electrons. The van der Waals surface area contributed by atoms with E-state index in [1.54, 1.807) is 12.3 Å². The van der Waals surface area contributed by atoms with Gasteiger partial charge in [0.25, 0.3) is 0 Å². The molecule has 1 amide bonds. The van der Waals surface area contributed by atoms with Crippen molar-refractivity contribution in [1.82, 2.24) is 25.5 Å². The van der Waals surface area contributed by atoms with Gasteiger partial charge in [0.15, 0.2) is 5.82 Å². The fourth-order valence-electron chi connectivity index (χ4n) is 3.38. The fourth-order valence-corrected chi connectivity index (χ4v) is 3.38. The number of amides is 1. The molecule has 2 heterocycles. The summed E-state index contributed by atoms with van der Waals surface area (Å²) in [6, 6.07) is 10.8. The highest BCUT2D eigenvalue weighted by molar-refractivity contribution is 5.94. The number of nitrogens with one attached hydrogen (secondary N) is 3. The Bertz CT molecular complexity index is 1180. The standard InChI is InChI=1S/C22H22FN5O/c1-3-13-5-7-15(23)10-18(13)14-6-8-17-19(9-14)27-28-21(17)22-25-12-16(26-22)11-24-20(29)4-2/h5-10,12H,3-4,11H2,1-2H3,(H,24,29)(H,25,26)(H,27,28). The van der Waals surface area contributed by atoms with Gasteiger partial charge in [-0.2, -0.15) is 5.10 Å². The predicted molar refractivity (Wildman–Crippen MR) is 111 cm³/mol. The van der Waals surface area contributed by atoms with Crippen LogP contribution in [0, 0.1) is 5.82 Å². The highest BCUT2D eigenvalue weighted by atomic mass is 19.1. The number of aromatic amines is 2. The number of fused-ring (bicyclic) bond motifs is 1. The van der Waals surface area contributed by atoms with Crippen LogP contribution < -0.4 is 5.32 Å². The van der Waals surface area contributed by atoms with Gasteiger partial charge >= 0.3 is 0 Å². The van der Waals surface area contributed by atoms with Crippen molar-refractivity contribution < 1.29 is 9.18 Å². The summed E-state index contributed by atoms with van der Waals surface area (Å²) >= 11 is 0. The molecule has 0 saturated heterocycles. The molecule has 0 aliphatic rings. The highest BCUT2D eigenvalue weighted by Crippen LogP contribution is 2.31. The molecule has 4 rings (SSSR count). The van der Waals surface area contributed by atoms with E-state index in [4.69, 9.17) is 0 Å². The van der Waals surface area contributed by atoms with Crippen molar-refractivity contribution >= 4 is 16.8 Å². The molecule has 0 fully saturated rings. The van der Waals surface area contributed by atoms with Gasteiger partial charge in [-0.25, -0.2) is 9.37 Å². The largest absolute Gasteiger partial charge is 0.350 e. The van der Waals surface area contributed by atoms with E-state index >= 15 is 0 Å². The summed E-state index contributed by atoms with van der Waals surface area (Å²) in [5.41, 5.74) is 5.21. The topological polar surface area (TPSA) is 86.5 Å². The summed E-state index contributed by atoms with van der Waals surface area (Å²) < 4.78 is 13.8. The minimum absolute atomic E-state index is 0.0175. The number of halogens is 1. The first kappa shape index (κ1) is 18.9. The third-order valence-electron chi connectivity index (χ3n) is 4.97. The van der Waals surface area contributed by atoms with Crippen molar-refractivity contribution in [3.63, 3.8) is 0 Å². The van der Waals surface area contributed by atoms with Crippen LogP contribution in [-0.2, 0) is 17.8 Å². The summed E-state index contributed by atoms with van der Waals surface area (Å²) in [6.45, 7) is 4.23. The van der Waals surface area contributed by atoms with Crippen molar-refractivity contribution in [3.8, 4) is 22.6 Å². The van der Waals surface area contributed by atoms with E-state index in [-0.39, 0.29) is 11.7 Å². The summed E-state index contributed by atoms with van der Waals surface area (Å²) in [5.74, 6) is 0.363. The number of benzene rings is 2. The van der Waals surface area contributed by atoms with E-state index in [0.717, 1.165) is 39.7 Å². The van der Waals surface area contributed by atoms with Crippen LogP contribution in [0.1, 0.15) is 31.5 Å². The van der Waals surface area contributed by atoms with Gasteiger partial charge in [0.1, 0.15) is 11.5 Å². The lowest BCUT2D eigenvalue weighted by Gasteiger charge is -2.08. The molecule has 29 heavy (non-hydrogen) atoms. The third-order valence-corrected chi connectivity index (χ3v) is 4.97. The van der Waals surface area contributed by atoms with E-state index < -0.39 is 0 Å². The number of nitrogens with zero attached hydrogens (tertiary/aromatic N) is 2. The Kier molecular flexibility index (Phi) is 5.12. The minimum atomic E-state index is -0.249. The Morgan fingerprint density at radius 1 is 1.17 bits per heavy atom. The second-order valence-corrected chi connectivity index (χ2v) is 6.86. The van der Waals surface area contributed by atoms with Gasteiger partial charge in [0.05, 0.1) is 17.8 Å². The Morgan fingerprint density at radius 3 is 2.83 bits per heavy atom. The number of H-pyrrole nitrogens is 2. The summed E-state index contributed by atoms with van der Waals surface area (Å²) in [6.07, 6.45) is 3.03. The first-order valence-corrected chi connectivity index (χ1v) is 9.67. The number of rotatable bonds is 6. The number of aromatic nitrogens is 4. The van der Waals surface area contributed by atoms with Crippen LogP contribution in [0.25, 0.3) is 33.5 Å². The molecule has 0 bridgehead atoms. The van der Waals surface area contributed by atoms with Crippen LogP contribution >= 0.6 is 0 Å². The zero-order chi connectivity index (χ0) is 20.4. The van der Waals surface area contributed by atoms with Gasteiger partial charge in [0, 0.05) is 18.0 Å². The second kappa shape index (κ2) is 7.87. The van der Waals surface area contributed by atoms with Crippen molar-refractivity contribution in [2.75, 3.05) is 0 Å². The first-order chi connectivity index (χ1) is 14.1. The van der Waals surface area contributed by atoms with Gasteiger partial charge < -0.3 is 10.3 Å². The number of carbonyl (C=O) groups excluding carboxylic acids is 1. The molecule has 0 aliphatic heterocycles. The van der Waals surface area contributed by atoms with Crippen LogP contribution in [0.3, 0.4) is 0 Å². The average Bonchev–Trinajstić information content (AvgIpc) is 3.38. The number of hydrogen-bond acceptors (Lipinski definition) is 3. The van der Waals surface area contributed by atoms with E-state index in [9.17, 15) is 9.18 Å². The molecule has 6 nitrogen and oxygen atoms in total. The molecule has 0 unspecified atom stereocenters. The van der Waals surface area contributed by atoms with E-state index in [1.807, 2.05) is 31.2 Å². The SMILES string of the molecule is CCC(=O)NCc1c[nH]c(-c2n[nH]c3cc(-c4cc(F)ccc4CC)ccc23)n1. The molecule has 0 spiro atoms. The lowest BCUT2D eigenvalue weighted by atomic mass is 9.97. The van der Waals surface area contributed by atoms with Gasteiger partial charge in [-0.05, 0) is 47.4 Å². The van der Waals surface area contributed by atoms with Gasteiger partial charge in [-0.3, -0.25) is 9.89 Å². The molecule has 2 aromatic carbocycles. The number of hydrogen-bond donors (Lipinski definition) is 3. The Labute approximate surface area is 167 Å². The maximum Gasteiger partial charge on any atom is 0.220 e. The molecule has 0 radical (unpaired) electrons. The Hall–Kier alpha value is -3.48. The monoisotopic (exact) mass is 391 g/mol. The average molecular weight is 391 g/mol. The predicted octanol–water partition coefficient (Wildman–Crippen LogP) is 4.35. The van der Waals surface area contributed by atoms with Crippen LogP contribution in [0.15, 0.2) is 42.6 Å². The van der Waals surface area contributed by atoms with Gasteiger partial charge in [-0.1, -0.05) is 26.0 Å². The van der Waals surface area contributed by atoms with Crippen LogP contribution in [0.4, 0.5) is 4.39 Å². The number of imidazole rings is 1. The molecule has 7 heteroatoms. The number of aryl methyl sites for hydroxylation is 1. The third kappa shape index (κ3) is 3.76. The maximum atomic E-state index is 13.8. The molecule has 2 aromatic heterocycles. The summed E-state index contributed by atoms with van der Waals surface area (Å²) in [5, 5.41) is 11.2. The quantitative estimate of drug-likeness (QED) is 0.457. The molecule has 4 aromatic rings. The maximum absolute atomic E-state index is 13.8. The molecule has 0 saturated carbocycles. The molecule has 0 atom stereocenters. The van der Waals surface area contributed by atoms with Crippen molar-refractivity contribution in [1.29, 1.82) is 0 Å². The van der Waals surface area contributed by atoms with E-state index in [1.165, 1.54) is 6.07 Å². The van der Waals surface area contributed by atoms with Crippen molar-refractivity contribution in [3.05, 3.63) is 59.7 Å². The minimum Gasteiger partial charge on any atom is -0.350 e. The lowest BCUT2D eigenvalue weighted by molar-refractivity contribution is -0.120. The van der Waals surface area contributed by atoms with E-state index in [0.29, 0.717) is 24.5 Å². The van der Waals surface area contributed by atoms with Crippen molar-refractivity contribution in [2.45, 2.75) is 33.2 Å². The summed E-state index contributed by atoms with van der Waals surface area (Å²) in [7, 11) is 0. The normalized spacial score (nSPS) is 11.1. The lowest BCUT2D eigenvalue weighted by Crippen LogP contribution is -2.21. The second-order valence-electron chi connectivity index (χ2n) is 6.86. The zero-order valence-electron chi connectivity index (χ0n) is 16.3. The summed E-state index contributed by atoms with van der Waals surface area (Å²) in [4.78, 5) is 19.1. The zero-order valence-corrected chi connectivity index (χ0v) is 16.3. The van der Waals surface area contributed by atoms with Crippen LogP contribution in [0.2, 0.25) is 0 Å². The molecule has 0 aliphatic carbocycles. The van der Waals surface area contributed by atoms with Gasteiger partial charge in [-0.15, -0.1) is 0 Å².